The van der Waals surface area contributed by atoms with Crippen molar-refractivity contribution in [3.63, 3.8) is 0 Å². The van der Waals surface area contributed by atoms with Crippen LogP contribution in [0.3, 0.4) is 0 Å². The molecule has 0 atom stereocenters. The van der Waals surface area contributed by atoms with E-state index in [9.17, 15) is 23.4 Å². The van der Waals surface area contributed by atoms with Crippen LogP contribution in [0, 0.1) is 0 Å². The van der Waals surface area contributed by atoms with Gasteiger partial charge in [-0.15, -0.1) is 0 Å². The third-order valence-corrected chi connectivity index (χ3v) is 2.83. The molecule has 4 nitrogen and oxygen atoms in total. The van der Waals surface area contributed by atoms with Crippen LogP contribution in [-0.2, 0) is 6.18 Å². The molecule has 0 fully saturated rings. The zero-order valence-electron chi connectivity index (χ0n) is 10.1. The van der Waals surface area contributed by atoms with Gasteiger partial charge in [-0.2, -0.15) is 13.2 Å². The van der Waals surface area contributed by atoms with Gasteiger partial charge in [0.25, 0.3) is 0 Å². The Morgan fingerprint density at radius 2 is 1.50 bits per heavy atom. The number of phenols is 2. The van der Waals surface area contributed by atoms with E-state index >= 15 is 0 Å². The van der Waals surface area contributed by atoms with Crippen LogP contribution in [0.15, 0.2) is 30.3 Å². The number of halogens is 3. The molecule has 0 radical (unpaired) electrons. The lowest BCUT2D eigenvalue weighted by Crippen LogP contribution is -2.09. The van der Waals surface area contributed by atoms with Gasteiger partial charge in [0.05, 0.1) is 11.4 Å². The number of hydrogen-bond acceptors (Lipinski definition) is 4. The molecule has 0 aliphatic heterocycles. The van der Waals surface area contributed by atoms with Crippen molar-refractivity contribution in [1.82, 2.24) is 0 Å². The van der Waals surface area contributed by atoms with Crippen molar-refractivity contribution in [2.24, 2.45) is 0 Å². The van der Waals surface area contributed by atoms with Gasteiger partial charge in [0, 0.05) is 0 Å². The molecular formula is C13H11F3N2O2. The van der Waals surface area contributed by atoms with E-state index in [1.54, 1.807) is 0 Å². The third-order valence-electron chi connectivity index (χ3n) is 2.83. The van der Waals surface area contributed by atoms with Crippen molar-refractivity contribution in [3.05, 3.63) is 35.9 Å². The van der Waals surface area contributed by atoms with Crippen LogP contribution in [0.25, 0.3) is 11.1 Å². The smallest absolute Gasteiger partial charge is 0.420 e. The van der Waals surface area contributed by atoms with Crippen molar-refractivity contribution in [2.45, 2.75) is 6.18 Å². The Bertz CT molecular complexity index is 669. The summed E-state index contributed by atoms with van der Waals surface area (Å²) >= 11 is 0. The fourth-order valence-electron chi connectivity index (χ4n) is 1.85. The molecule has 0 spiro atoms. The molecule has 0 bridgehead atoms. The number of nitrogens with two attached hydrogens (primary N) is 2. The first-order chi connectivity index (χ1) is 9.21. The molecule has 106 valence electrons. The van der Waals surface area contributed by atoms with E-state index in [1.165, 1.54) is 12.1 Å². The summed E-state index contributed by atoms with van der Waals surface area (Å²) in [6.45, 7) is 0. The van der Waals surface area contributed by atoms with E-state index in [1.807, 2.05) is 0 Å². The Morgan fingerprint density at radius 1 is 0.900 bits per heavy atom. The van der Waals surface area contributed by atoms with Gasteiger partial charge in [-0.25, -0.2) is 0 Å². The summed E-state index contributed by atoms with van der Waals surface area (Å²) in [7, 11) is 0. The second-order valence-corrected chi connectivity index (χ2v) is 4.20. The lowest BCUT2D eigenvalue weighted by atomic mass is 9.97. The summed E-state index contributed by atoms with van der Waals surface area (Å²) in [6, 6.07) is 5.97. The number of hydrogen-bond donors (Lipinski definition) is 4. The van der Waals surface area contributed by atoms with Gasteiger partial charge >= 0.3 is 6.18 Å². The molecule has 0 aliphatic carbocycles. The van der Waals surface area contributed by atoms with Crippen molar-refractivity contribution < 1.29 is 23.4 Å². The maximum Gasteiger partial charge on any atom is 0.420 e. The molecule has 20 heavy (non-hydrogen) atoms. The van der Waals surface area contributed by atoms with Crippen LogP contribution in [0.1, 0.15) is 5.56 Å². The molecule has 2 aromatic carbocycles. The Kier molecular flexibility index (Phi) is 3.13. The molecule has 7 heteroatoms. The van der Waals surface area contributed by atoms with Crippen LogP contribution < -0.4 is 11.5 Å². The number of aromatic hydroxyl groups is 2. The normalized spacial score (nSPS) is 11.6. The van der Waals surface area contributed by atoms with E-state index in [0.717, 1.165) is 18.2 Å². The fraction of sp³-hybridized carbons (Fsp3) is 0.0769. The summed E-state index contributed by atoms with van der Waals surface area (Å²) in [4.78, 5) is 0. The van der Waals surface area contributed by atoms with E-state index in [2.05, 4.69) is 0 Å². The lowest BCUT2D eigenvalue weighted by Gasteiger charge is -2.16. The first-order valence-electron chi connectivity index (χ1n) is 5.49. The third kappa shape index (κ3) is 2.29. The quantitative estimate of drug-likeness (QED) is 0.478. The van der Waals surface area contributed by atoms with Crippen molar-refractivity contribution >= 4 is 11.4 Å². The lowest BCUT2D eigenvalue weighted by molar-refractivity contribution is -0.138. The predicted molar refractivity (Wildman–Crippen MR) is 69.0 cm³/mol. The first kappa shape index (κ1) is 13.9. The summed E-state index contributed by atoms with van der Waals surface area (Å²) in [5.41, 5.74) is 8.90. The molecule has 0 heterocycles. The summed E-state index contributed by atoms with van der Waals surface area (Å²) in [5.74, 6) is -1.38. The molecule has 2 aromatic rings. The molecule has 0 saturated carbocycles. The monoisotopic (exact) mass is 284 g/mol. The van der Waals surface area contributed by atoms with E-state index in [0.29, 0.717) is 0 Å². The first-order valence-corrected chi connectivity index (χ1v) is 5.49. The Labute approximate surface area is 112 Å². The topological polar surface area (TPSA) is 92.5 Å². The highest BCUT2D eigenvalue weighted by atomic mass is 19.4. The number of phenolic OH excluding ortho intramolecular Hbond substituents is 2. The zero-order chi connectivity index (χ0) is 15.1. The van der Waals surface area contributed by atoms with Crippen LogP contribution in [0.2, 0.25) is 0 Å². The molecule has 2 rings (SSSR count). The SMILES string of the molecule is Nc1ccc(-c2ccc(N)c(O)c2C(F)(F)F)cc1O. The Hall–Kier alpha value is -2.57. The molecule has 0 unspecified atom stereocenters. The van der Waals surface area contributed by atoms with Crippen molar-refractivity contribution in [1.29, 1.82) is 0 Å². The fourth-order valence-corrected chi connectivity index (χ4v) is 1.85. The molecule has 0 aromatic heterocycles. The van der Waals surface area contributed by atoms with Crippen LogP contribution >= 0.6 is 0 Å². The standard InChI is InChI=1S/C13H11F3N2O2/c14-13(15,16)11-7(2-4-9(18)12(11)20)6-1-3-8(17)10(19)5-6/h1-5,19-20H,17-18H2. The second kappa shape index (κ2) is 4.52. The summed E-state index contributed by atoms with van der Waals surface area (Å²) < 4.78 is 39.2. The minimum absolute atomic E-state index is 0.0435. The largest absolute Gasteiger partial charge is 0.506 e. The van der Waals surface area contributed by atoms with Gasteiger partial charge < -0.3 is 21.7 Å². The van der Waals surface area contributed by atoms with Gasteiger partial charge in [-0.3, -0.25) is 0 Å². The predicted octanol–water partition coefficient (Wildman–Crippen LogP) is 2.95. The van der Waals surface area contributed by atoms with Gasteiger partial charge in [-0.1, -0.05) is 12.1 Å². The Balaban J connectivity index is 2.74. The number of rotatable bonds is 1. The van der Waals surface area contributed by atoms with Crippen molar-refractivity contribution in [2.75, 3.05) is 11.5 Å². The van der Waals surface area contributed by atoms with Gasteiger partial charge in [0.1, 0.15) is 11.3 Å². The highest BCUT2D eigenvalue weighted by Crippen LogP contribution is 2.45. The van der Waals surface area contributed by atoms with Gasteiger partial charge in [0.2, 0.25) is 0 Å². The minimum atomic E-state index is -4.79. The van der Waals surface area contributed by atoms with Crippen LogP contribution in [0.5, 0.6) is 11.5 Å². The zero-order valence-corrected chi connectivity index (χ0v) is 10.1. The van der Waals surface area contributed by atoms with Crippen LogP contribution in [0.4, 0.5) is 24.5 Å². The molecule has 0 saturated heterocycles. The van der Waals surface area contributed by atoms with E-state index in [4.69, 9.17) is 11.5 Å². The number of nitrogen functional groups attached to an aromatic ring is 2. The molecular weight excluding hydrogens is 273 g/mol. The van der Waals surface area contributed by atoms with E-state index < -0.39 is 17.5 Å². The highest BCUT2D eigenvalue weighted by Gasteiger charge is 2.37. The number of anilines is 2. The summed E-state index contributed by atoms with van der Waals surface area (Å²) in [5, 5.41) is 19.1. The average molecular weight is 284 g/mol. The molecule has 6 N–H and O–H groups in total. The van der Waals surface area contributed by atoms with Crippen LogP contribution in [-0.4, -0.2) is 10.2 Å². The Morgan fingerprint density at radius 3 is 2.05 bits per heavy atom. The number of benzene rings is 2. The molecule has 0 aliphatic rings. The average Bonchev–Trinajstić information content (AvgIpc) is 2.34. The van der Waals surface area contributed by atoms with Gasteiger partial charge in [0.15, 0.2) is 5.75 Å². The molecule has 0 amide bonds. The van der Waals surface area contributed by atoms with E-state index in [-0.39, 0.29) is 28.3 Å². The maximum absolute atomic E-state index is 13.1. The maximum atomic E-state index is 13.1. The second-order valence-electron chi connectivity index (χ2n) is 4.20. The number of alkyl halides is 3. The highest BCUT2D eigenvalue weighted by molar-refractivity contribution is 5.77. The van der Waals surface area contributed by atoms with Crippen molar-refractivity contribution in [3.8, 4) is 22.6 Å². The minimum Gasteiger partial charge on any atom is -0.506 e. The summed E-state index contributed by atoms with van der Waals surface area (Å²) in [6.07, 6.45) is -4.79. The van der Waals surface area contributed by atoms with Gasteiger partial charge in [-0.05, 0) is 29.3 Å².